The van der Waals surface area contributed by atoms with Gasteiger partial charge >= 0.3 is 0 Å². The van der Waals surface area contributed by atoms with Gasteiger partial charge in [-0.05, 0) is 12.3 Å². The van der Waals surface area contributed by atoms with Crippen molar-refractivity contribution < 1.29 is 39.7 Å². The maximum Gasteiger partial charge on any atom is 0.186 e. The van der Waals surface area contributed by atoms with E-state index in [0.717, 1.165) is 25.2 Å². The molecule has 8 heteroatoms. The molecule has 8 nitrogen and oxygen atoms in total. The van der Waals surface area contributed by atoms with Gasteiger partial charge in [0.2, 0.25) is 0 Å². The zero-order chi connectivity index (χ0) is 25.9. The van der Waals surface area contributed by atoms with E-state index in [1.165, 1.54) is 70.6 Å². The summed E-state index contributed by atoms with van der Waals surface area (Å²) < 4.78 is 16.4. The van der Waals surface area contributed by atoms with Crippen LogP contribution in [0, 0.1) is 5.92 Å². The first kappa shape index (κ1) is 32.7. The highest BCUT2D eigenvalue weighted by Gasteiger charge is 2.45. The van der Waals surface area contributed by atoms with Gasteiger partial charge in [0.1, 0.15) is 30.5 Å². The third-order valence-corrected chi connectivity index (χ3v) is 6.72. The highest BCUT2D eigenvalue weighted by Crippen LogP contribution is 2.25. The van der Waals surface area contributed by atoms with E-state index < -0.39 is 50.0 Å². The van der Waals surface area contributed by atoms with E-state index in [-0.39, 0.29) is 6.61 Å². The Kier molecular flexibility index (Phi) is 19.3. The third-order valence-electron chi connectivity index (χ3n) is 6.72. The molecule has 35 heavy (non-hydrogen) atoms. The summed E-state index contributed by atoms with van der Waals surface area (Å²) in [6.07, 6.45) is 11.1. The van der Waals surface area contributed by atoms with Gasteiger partial charge in [-0.25, -0.2) is 0 Å². The highest BCUT2D eigenvalue weighted by atomic mass is 16.7. The predicted octanol–water partition coefficient (Wildman–Crippen LogP) is 3.30. The molecule has 1 aliphatic heterocycles. The summed E-state index contributed by atoms with van der Waals surface area (Å²) in [6, 6.07) is 0. The van der Waals surface area contributed by atoms with Crippen LogP contribution in [0.5, 0.6) is 0 Å². The fourth-order valence-corrected chi connectivity index (χ4v) is 4.47. The van der Waals surface area contributed by atoms with Crippen LogP contribution in [-0.2, 0) is 14.2 Å². The first-order chi connectivity index (χ1) is 16.9. The molecule has 0 bridgehead atoms. The van der Waals surface area contributed by atoms with E-state index >= 15 is 0 Å². The first-order valence-electron chi connectivity index (χ1n) is 14.0. The Bertz CT molecular complexity index is 478. The Morgan fingerprint density at radius 2 is 1.23 bits per heavy atom. The van der Waals surface area contributed by atoms with Crippen molar-refractivity contribution in [3.63, 3.8) is 0 Å². The van der Waals surface area contributed by atoms with Crippen LogP contribution in [0.1, 0.15) is 104 Å². The van der Waals surface area contributed by atoms with Crippen LogP contribution in [0.2, 0.25) is 0 Å². The highest BCUT2D eigenvalue weighted by molar-refractivity contribution is 4.90. The molecule has 0 aromatic carbocycles. The van der Waals surface area contributed by atoms with E-state index in [1.54, 1.807) is 0 Å². The standard InChI is InChI=1S/C27H54O8/c1-21(2)16-14-12-10-8-6-4-3-5-7-9-11-13-15-17-33-26-24(31)23(19-29)35-27(25(26)32)34-20-22(30)18-28/h21-32H,3-20H2,1-2H3/t22?,23-,24-,25-,26+,27?/m1/s1. The van der Waals surface area contributed by atoms with E-state index in [0.29, 0.717) is 6.61 Å². The second kappa shape index (κ2) is 20.7. The molecule has 210 valence electrons. The van der Waals surface area contributed by atoms with Crippen molar-refractivity contribution in [1.82, 2.24) is 0 Å². The molecule has 1 heterocycles. The number of aliphatic hydroxyl groups is 5. The molecule has 1 aliphatic rings. The van der Waals surface area contributed by atoms with Crippen molar-refractivity contribution >= 4 is 0 Å². The Balaban J connectivity index is 2.06. The predicted molar refractivity (Wildman–Crippen MR) is 136 cm³/mol. The van der Waals surface area contributed by atoms with Gasteiger partial charge in [-0.3, -0.25) is 0 Å². The zero-order valence-corrected chi connectivity index (χ0v) is 22.2. The van der Waals surface area contributed by atoms with Gasteiger partial charge in [0.05, 0.1) is 19.8 Å². The van der Waals surface area contributed by atoms with Gasteiger partial charge in [-0.2, -0.15) is 0 Å². The summed E-state index contributed by atoms with van der Waals surface area (Å²) in [6.45, 7) is 3.82. The van der Waals surface area contributed by atoms with Crippen molar-refractivity contribution in [3.8, 4) is 0 Å². The van der Waals surface area contributed by atoms with Crippen LogP contribution in [0.25, 0.3) is 0 Å². The summed E-state index contributed by atoms with van der Waals surface area (Å²) in [5.74, 6) is 0.836. The lowest BCUT2D eigenvalue weighted by Crippen LogP contribution is -2.60. The summed E-state index contributed by atoms with van der Waals surface area (Å²) >= 11 is 0. The van der Waals surface area contributed by atoms with Crippen LogP contribution in [0.3, 0.4) is 0 Å². The number of ether oxygens (including phenoxy) is 3. The summed E-state index contributed by atoms with van der Waals surface area (Å²) in [4.78, 5) is 0. The lowest BCUT2D eigenvalue weighted by Gasteiger charge is -2.41. The van der Waals surface area contributed by atoms with Crippen LogP contribution in [-0.4, -0.2) is 88.8 Å². The Hall–Kier alpha value is -0.320. The van der Waals surface area contributed by atoms with Crippen molar-refractivity contribution in [2.24, 2.45) is 5.92 Å². The Morgan fingerprint density at radius 1 is 0.714 bits per heavy atom. The van der Waals surface area contributed by atoms with Gasteiger partial charge in [0.25, 0.3) is 0 Å². The van der Waals surface area contributed by atoms with Gasteiger partial charge < -0.3 is 39.7 Å². The fraction of sp³-hybridized carbons (Fsp3) is 1.00. The molecule has 1 saturated heterocycles. The quantitative estimate of drug-likeness (QED) is 0.142. The fourth-order valence-electron chi connectivity index (χ4n) is 4.47. The molecule has 6 atom stereocenters. The minimum absolute atomic E-state index is 0.238. The minimum atomic E-state index is -1.27. The summed E-state index contributed by atoms with van der Waals surface area (Å²) in [7, 11) is 0. The number of unbranched alkanes of at least 4 members (excludes halogenated alkanes) is 12. The molecule has 1 rings (SSSR count). The third kappa shape index (κ3) is 14.9. The average Bonchev–Trinajstić information content (AvgIpc) is 2.84. The number of rotatable bonds is 22. The van der Waals surface area contributed by atoms with E-state index in [2.05, 4.69) is 13.8 Å². The topological polar surface area (TPSA) is 129 Å². The molecule has 0 aliphatic carbocycles. The lowest BCUT2D eigenvalue weighted by molar-refractivity contribution is -0.311. The van der Waals surface area contributed by atoms with Crippen molar-refractivity contribution in [2.75, 3.05) is 26.4 Å². The van der Waals surface area contributed by atoms with E-state index in [9.17, 15) is 20.4 Å². The van der Waals surface area contributed by atoms with Crippen LogP contribution in [0.4, 0.5) is 0 Å². The molecule has 0 aromatic heterocycles. The van der Waals surface area contributed by atoms with Crippen molar-refractivity contribution in [2.45, 2.75) is 141 Å². The van der Waals surface area contributed by atoms with Crippen LogP contribution in [0.15, 0.2) is 0 Å². The molecule has 1 fully saturated rings. The molecule has 0 amide bonds. The maximum absolute atomic E-state index is 10.5. The monoisotopic (exact) mass is 506 g/mol. The van der Waals surface area contributed by atoms with Gasteiger partial charge in [0.15, 0.2) is 6.29 Å². The largest absolute Gasteiger partial charge is 0.394 e. The Morgan fingerprint density at radius 3 is 1.71 bits per heavy atom. The SMILES string of the molecule is CC(C)CCCCCCCCCCCCCCCO[C@H]1[C@H](O)[C@@H](CO)OC(OCC(O)CO)[C@@H]1O. The molecular weight excluding hydrogens is 452 g/mol. The van der Waals surface area contributed by atoms with Crippen LogP contribution < -0.4 is 0 Å². The molecule has 0 radical (unpaired) electrons. The lowest BCUT2D eigenvalue weighted by atomic mass is 9.99. The summed E-state index contributed by atoms with van der Waals surface area (Å²) in [5, 5.41) is 48.6. The number of hydrogen-bond donors (Lipinski definition) is 5. The average molecular weight is 507 g/mol. The minimum Gasteiger partial charge on any atom is -0.394 e. The molecule has 0 aromatic rings. The number of hydrogen-bond acceptors (Lipinski definition) is 8. The zero-order valence-electron chi connectivity index (χ0n) is 22.2. The molecular formula is C27H54O8. The normalized spacial score (nSPS) is 25.9. The Labute approximate surface area is 213 Å². The van der Waals surface area contributed by atoms with Gasteiger partial charge in [-0.1, -0.05) is 97.3 Å². The first-order valence-corrected chi connectivity index (χ1v) is 14.0. The van der Waals surface area contributed by atoms with E-state index in [4.69, 9.17) is 19.3 Å². The van der Waals surface area contributed by atoms with E-state index in [1.807, 2.05) is 0 Å². The molecule has 2 unspecified atom stereocenters. The smallest absolute Gasteiger partial charge is 0.186 e. The van der Waals surface area contributed by atoms with Gasteiger partial charge in [-0.15, -0.1) is 0 Å². The van der Waals surface area contributed by atoms with Crippen molar-refractivity contribution in [3.05, 3.63) is 0 Å². The number of aliphatic hydroxyl groups excluding tert-OH is 5. The molecule has 5 N–H and O–H groups in total. The summed E-state index contributed by atoms with van der Waals surface area (Å²) in [5.41, 5.74) is 0. The maximum atomic E-state index is 10.5. The van der Waals surface area contributed by atoms with Crippen LogP contribution >= 0.6 is 0 Å². The molecule has 0 saturated carbocycles. The second-order valence-electron chi connectivity index (χ2n) is 10.5. The molecule has 0 spiro atoms. The second-order valence-corrected chi connectivity index (χ2v) is 10.5. The van der Waals surface area contributed by atoms with Gasteiger partial charge in [0, 0.05) is 6.61 Å². The van der Waals surface area contributed by atoms with Crippen molar-refractivity contribution in [1.29, 1.82) is 0 Å².